The van der Waals surface area contributed by atoms with Crippen molar-refractivity contribution in [2.24, 2.45) is 0 Å². The van der Waals surface area contributed by atoms with Crippen LogP contribution >= 0.6 is 0 Å². The van der Waals surface area contributed by atoms with Crippen LogP contribution in [0.1, 0.15) is 17.5 Å². The summed E-state index contributed by atoms with van der Waals surface area (Å²) in [6.07, 6.45) is -0.0966. The van der Waals surface area contributed by atoms with Gasteiger partial charge in [-0.2, -0.15) is 0 Å². The van der Waals surface area contributed by atoms with Gasteiger partial charge in [0.2, 0.25) is 10.0 Å². The number of esters is 1. The Morgan fingerprint density at radius 3 is 2.48 bits per heavy atom. The van der Waals surface area contributed by atoms with E-state index in [1.807, 2.05) is 13.0 Å². The standard InChI is InChI=1S/C19H22FNO5S/c1-14-3-4-15(2)18(13-14)27(23,24)21-10-9-19(22)26-12-11-25-17-7-5-16(20)6-8-17/h3-8,13,21H,9-12H2,1-2H3. The fourth-order valence-electron chi connectivity index (χ4n) is 2.28. The van der Waals surface area contributed by atoms with E-state index in [1.54, 1.807) is 19.1 Å². The van der Waals surface area contributed by atoms with Crippen molar-refractivity contribution in [3.63, 3.8) is 0 Å². The number of hydrogen-bond acceptors (Lipinski definition) is 5. The van der Waals surface area contributed by atoms with Crippen molar-refractivity contribution < 1.29 is 27.1 Å². The second-order valence-electron chi connectivity index (χ2n) is 5.94. The molecule has 0 aliphatic rings. The van der Waals surface area contributed by atoms with Gasteiger partial charge in [0.15, 0.2) is 0 Å². The molecule has 0 spiro atoms. The molecule has 0 saturated heterocycles. The minimum absolute atomic E-state index is 0.0138. The quantitative estimate of drug-likeness (QED) is 0.522. The molecule has 0 fully saturated rings. The largest absolute Gasteiger partial charge is 0.490 e. The third-order valence-corrected chi connectivity index (χ3v) is 5.29. The molecule has 2 aromatic carbocycles. The Bertz CT molecular complexity index is 881. The van der Waals surface area contributed by atoms with Gasteiger partial charge in [-0.3, -0.25) is 4.79 Å². The predicted molar refractivity (Wildman–Crippen MR) is 98.6 cm³/mol. The first kappa shape index (κ1) is 20.9. The van der Waals surface area contributed by atoms with Gasteiger partial charge in [0.1, 0.15) is 24.8 Å². The van der Waals surface area contributed by atoms with E-state index < -0.39 is 16.0 Å². The number of halogens is 1. The lowest BCUT2D eigenvalue weighted by Gasteiger charge is -2.10. The van der Waals surface area contributed by atoms with Crippen molar-refractivity contribution in [3.8, 4) is 5.75 Å². The van der Waals surface area contributed by atoms with Crippen molar-refractivity contribution in [2.75, 3.05) is 19.8 Å². The molecule has 0 unspecified atom stereocenters. The Hall–Kier alpha value is -2.45. The number of ether oxygens (including phenoxy) is 2. The van der Waals surface area contributed by atoms with Crippen LogP contribution in [-0.2, 0) is 19.6 Å². The SMILES string of the molecule is Cc1ccc(C)c(S(=O)(=O)NCCC(=O)OCCOc2ccc(F)cc2)c1. The van der Waals surface area contributed by atoms with E-state index in [9.17, 15) is 17.6 Å². The fraction of sp³-hybridized carbons (Fsp3) is 0.316. The summed E-state index contributed by atoms with van der Waals surface area (Å²) >= 11 is 0. The first-order chi connectivity index (χ1) is 12.8. The number of benzene rings is 2. The fourth-order valence-corrected chi connectivity index (χ4v) is 3.64. The van der Waals surface area contributed by atoms with Gasteiger partial charge in [0.05, 0.1) is 11.3 Å². The van der Waals surface area contributed by atoms with Crippen LogP contribution in [0.4, 0.5) is 4.39 Å². The van der Waals surface area contributed by atoms with E-state index in [2.05, 4.69) is 4.72 Å². The molecule has 2 rings (SSSR count). The number of rotatable bonds is 9. The van der Waals surface area contributed by atoms with Crippen LogP contribution in [0.3, 0.4) is 0 Å². The molecular formula is C19H22FNO5S. The maximum atomic E-state index is 12.8. The smallest absolute Gasteiger partial charge is 0.307 e. The first-order valence-electron chi connectivity index (χ1n) is 8.39. The van der Waals surface area contributed by atoms with E-state index >= 15 is 0 Å². The molecule has 0 aromatic heterocycles. The zero-order valence-corrected chi connectivity index (χ0v) is 16.0. The van der Waals surface area contributed by atoms with E-state index in [0.29, 0.717) is 11.3 Å². The van der Waals surface area contributed by atoms with Gasteiger partial charge in [-0.05, 0) is 55.3 Å². The third-order valence-electron chi connectivity index (χ3n) is 3.68. The van der Waals surface area contributed by atoms with Crippen molar-refractivity contribution in [2.45, 2.75) is 25.2 Å². The molecule has 1 N–H and O–H groups in total. The Balaban J connectivity index is 1.70. The van der Waals surface area contributed by atoms with Crippen molar-refractivity contribution >= 4 is 16.0 Å². The average Bonchev–Trinajstić information content (AvgIpc) is 2.62. The van der Waals surface area contributed by atoms with E-state index in [-0.39, 0.29) is 36.9 Å². The molecule has 2 aromatic rings. The highest BCUT2D eigenvalue weighted by atomic mass is 32.2. The number of sulfonamides is 1. The maximum absolute atomic E-state index is 12.8. The summed E-state index contributed by atoms with van der Waals surface area (Å²) in [6, 6.07) is 10.6. The van der Waals surface area contributed by atoms with Crippen molar-refractivity contribution in [1.82, 2.24) is 4.72 Å². The van der Waals surface area contributed by atoms with Crippen molar-refractivity contribution in [3.05, 3.63) is 59.4 Å². The molecule has 0 bridgehead atoms. The molecule has 0 atom stereocenters. The number of carbonyl (C=O) groups excluding carboxylic acids is 1. The van der Waals surface area contributed by atoms with E-state index in [1.165, 1.54) is 24.3 Å². The molecule has 8 heteroatoms. The van der Waals surface area contributed by atoms with E-state index in [4.69, 9.17) is 9.47 Å². The first-order valence-corrected chi connectivity index (χ1v) is 9.87. The molecule has 6 nitrogen and oxygen atoms in total. The number of aryl methyl sites for hydroxylation is 2. The van der Waals surface area contributed by atoms with Crippen LogP contribution in [0.25, 0.3) is 0 Å². The second-order valence-corrected chi connectivity index (χ2v) is 7.67. The summed E-state index contributed by atoms with van der Waals surface area (Å²) in [5.74, 6) is -0.438. The zero-order chi connectivity index (χ0) is 19.9. The molecule has 0 aliphatic heterocycles. The summed E-state index contributed by atoms with van der Waals surface area (Å²) in [6.45, 7) is 3.59. The van der Waals surface area contributed by atoms with Crippen LogP contribution in [0, 0.1) is 19.7 Å². The van der Waals surface area contributed by atoms with Gasteiger partial charge in [0.25, 0.3) is 0 Å². The lowest BCUT2D eigenvalue weighted by atomic mass is 10.2. The highest BCUT2D eigenvalue weighted by molar-refractivity contribution is 7.89. The summed E-state index contributed by atoms with van der Waals surface area (Å²) in [5.41, 5.74) is 1.47. The van der Waals surface area contributed by atoms with Crippen molar-refractivity contribution in [1.29, 1.82) is 0 Å². The second kappa shape index (κ2) is 9.48. The summed E-state index contributed by atoms with van der Waals surface area (Å²) in [7, 11) is -3.69. The third kappa shape index (κ3) is 6.65. The minimum atomic E-state index is -3.69. The maximum Gasteiger partial charge on any atom is 0.307 e. The lowest BCUT2D eigenvalue weighted by Crippen LogP contribution is -2.27. The molecular weight excluding hydrogens is 373 g/mol. The lowest BCUT2D eigenvalue weighted by molar-refractivity contribution is -0.144. The number of nitrogens with one attached hydrogen (secondary N) is 1. The van der Waals surface area contributed by atoms with E-state index in [0.717, 1.165) is 5.56 Å². The monoisotopic (exact) mass is 395 g/mol. The summed E-state index contributed by atoms with van der Waals surface area (Å²) < 4.78 is 50.1. The summed E-state index contributed by atoms with van der Waals surface area (Å²) in [4.78, 5) is 11.9. The minimum Gasteiger partial charge on any atom is -0.490 e. The van der Waals surface area contributed by atoms with Gasteiger partial charge in [-0.15, -0.1) is 0 Å². The topological polar surface area (TPSA) is 81.7 Å². The van der Waals surface area contributed by atoms with Crippen LogP contribution in [-0.4, -0.2) is 34.1 Å². The Morgan fingerprint density at radius 1 is 1.07 bits per heavy atom. The molecule has 27 heavy (non-hydrogen) atoms. The highest BCUT2D eigenvalue weighted by Gasteiger charge is 2.17. The molecule has 0 aliphatic carbocycles. The molecule has 0 saturated carbocycles. The zero-order valence-electron chi connectivity index (χ0n) is 15.2. The van der Waals surface area contributed by atoms with Gasteiger partial charge < -0.3 is 9.47 Å². The van der Waals surface area contributed by atoms with Crippen LogP contribution in [0.5, 0.6) is 5.75 Å². The Labute approximate surface area is 158 Å². The molecule has 0 amide bonds. The van der Waals surface area contributed by atoms with Gasteiger partial charge in [-0.1, -0.05) is 12.1 Å². The molecule has 0 radical (unpaired) electrons. The average molecular weight is 395 g/mol. The molecule has 146 valence electrons. The van der Waals surface area contributed by atoms with Gasteiger partial charge in [0, 0.05) is 6.54 Å². The van der Waals surface area contributed by atoms with Gasteiger partial charge >= 0.3 is 5.97 Å². The highest BCUT2D eigenvalue weighted by Crippen LogP contribution is 2.16. The summed E-state index contributed by atoms with van der Waals surface area (Å²) in [5, 5.41) is 0. The Kier molecular flexibility index (Phi) is 7.32. The Morgan fingerprint density at radius 2 is 1.78 bits per heavy atom. The van der Waals surface area contributed by atoms with Crippen LogP contribution in [0.15, 0.2) is 47.4 Å². The number of carbonyl (C=O) groups is 1. The van der Waals surface area contributed by atoms with Crippen LogP contribution < -0.4 is 9.46 Å². The number of hydrogen-bond donors (Lipinski definition) is 1. The normalized spacial score (nSPS) is 11.2. The van der Waals surface area contributed by atoms with Crippen LogP contribution in [0.2, 0.25) is 0 Å². The predicted octanol–water partition coefficient (Wildman–Crippen LogP) is 2.73. The molecule has 0 heterocycles. The van der Waals surface area contributed by atoms with Gasteiger partial charge in [-0.25, -0.2) is 17.5 Å².